The normalized spacial score (nSPS) is 17.6. The molecule has 0 atom stereocenters. The van der Waals surface area contributed by atoms with Crippen LogP contribution >= 0.6 is 23.2 Å². The third kappa shape index (κ3) is 4.90. The minimum absolute atomic E-state index is 0.272. The van der Waals surface area contributed by atoms with Crippen LogP contribution in [0, 0.1) is 0 Å². The number of piperidine rings is 1. The molecule has 0 saturated carbocycles. The Hall–Kier alpha value is -0.320. The Labute approximate surface area is 130 Å². The number of rotatable bonds is 6. The van der Waals surface area contributed by atoms with E-state index in [1.807, 2.05) is 12.1 Å². The minimum Gasteiger partial charge on any atom is -0.396 e. The lowest BCUT2D eigenvalue weighted by Crippen LogP contribution is -2.37. The lowest BCUT2D eigenvalue weighted by molar-refractivity contribution is -0.00316. The van der Waals surface area contributed by atoms with Crippen LogP contribution in [0.1, 0.15) is 24.8 Å². The Morgan fingerprint density at radius 2 is 1.95 bits per heavy atom. The van der Waals surface area contributed by atoms with Crippen molar-refractivity contribution in [3.63, 3.8) is 0 Å². The van der Waals surface area contributed by atoms with Crippen molar-refractivity contribution >= 4 is 23.2 Å². The van der Waals surface area contributed by atoms with Crippen LogP contribution in [0.5, 0.6) is 0 Å². The first kappa shape index (κ1) is 16.1. The molecule has 0 bridgehead atoms. The molecule has 0 unspecified atom stereocenters. The molecule has 1 heterocycles. The fraction of sp³-hybridized carbons (Fsp3) is 0.600. The lowest BCUT2D eigenvalue weighted by Gasteiger charge is -2.31. The summed E-state index contributed by atoms with van der Waals surface area (Å²) < 4.78 is 5.94. The molecule has 1 fully saturated rings. The van der Waals surface area contributed by atoms with Gasteiger partial charge in [0.2, 0.25) is 0 Å². The molecule has 2 rings (SSSR count). The number of halogens is 2. The molecule has 20 heavy (non-hydrogen) atoms. The summed E-state index contributed by atoms with van der Waals surface area (Å²) in [7, 11) is 0. The number of likely N-dealkylation sites (tertiary alicyclic amines) is 1. The zero-order chi connectivity index (χ0) is 14.4. The molecule has 0 aliphatic carbocycles. The Kier molecular flexibility index (Phi) is 6.59. The summed E-state index contributed by atoms with van der Waals surface area (Å²) in [5.74, 6) is 0. The summed E-state index contributed by atoms with van der Waals surface area (Å²) in [5.41, 5.74) is 1.06. The van der Waals surface area contributed by atoms with Crippen molar-refractivity contribution in [1.29, 1.82) is 0 Å². The number of aliphatic hydroxyl groups is 1. The summed E-state index contributed by atoms with van der Waals surface area (Å²) in [5, 5.41) is 9.98. The van der Waals surface area contributed by atoms with Crippen LogP contribution in [0.25, 0.3) is 0 Å². The predicted octanol–water partition coefficient (Wildman–Crippen LogP) is 3.36. The molecule has 0 aromatic heterocycles. The molecule has 3 nitrogen and oxygen atoms in total. The highest BCUT2D eigenvalue weighted by Crippen LogP contribution is 2.23. The largest absolute Gasteiger partial charge is 0.396 e. The van der Waals surface area contributed by atoms with Gasteiger partial charge in [-0.3, -0.25) is 0 Å². The standard InChI is InChI=1S/C15H21Cl2NO2/c16-14-3-2-12(10-15(14)17)11-20-13-4-7-18(8-5-13)6-1-9-19/h2-3,10,13,19H,1,4-9,11H2. The first-order valence-electron chi connectivity index (χ1n) is 7.08. The van der Waals surface area contributed by atoms with E-state index < -0.39 is 0 Å². The topological polar surface area (TPSA) is 32.7 Å². The van der Waals surface area contributed by atoms with Crippen molar-refractivity contribution in [3.8, 4) is 0 Å². The van der Waals surface area contributed by atoms with E-state index in [1.54, 1.807) is 6.07 Å². The van der Waals surface area contributed by atoms with Gasteiger partial charge in [0.15, 0.2) is 0 Å². The molecule has 1 aliphatic rings. The number of benzene rings is 1. The smallest absolute Gasteiger partial charge is 0.0721 e. The fourth-order valence-corrected chi connectivity index (χ4v) is 2.76. The molecule has 0 amide bonds. The SMILES string of the molecule is OCCCN1CCC(OCc2ccc(Cl)c(Cl)c2)CC1. The molecule has 0 spiro atoms. The maximum absolute atomic E-state index is 8.83. The van der Waals surface area contributed by atoms with Gasteiger partial charge in [-0.15, -0.1) is 0 Å². The van der Waals surface area contributed by atoms with Gasteiger partial charge in [-0.1, -0.05) is 29.3 Å². The van der Waals surface area contributed by atoms with E-state index in [0.29, 0.717) is 22.8 Å². The first-order valence-corrected chi connectivity index (χ1v) is 7.83. The molecule has 1 aromatic rings. The van der Waals surface area contributed by atoms with Gasteiger partial charge >= 0.3 is 0 Å². The van der Waals surface area contributed by atoms with E-state index in [-0.39, 0.29) is 6.61 Å². The average Bonchev–Trinajstić information content (AvgIpc) is 2.47. The van der Waals surface area contributed by atoms with Crippen molar-refractivity contribution in [2.45, 2.75) is 32.0 Å². The number of hydrogen-bond acceptors (Lipinski definition) is 3. The Balaban J connectivity index is 1.71. The molecule has 1 N–H and O–H groups in total. The van der Waals surface area contributed by atoms with Gasteiger partial charge in [0.25, 0.3) is 0 Å². The molecule has 0 radical (unpaired) electrons. The molecule has 1 saturated heterocycles. The van der Waals surface area contributed by atoms with E-state index in [0.717, 1.165) is 44.5 Å². The number of nitrogens with zero attached hydrogens (tertiary/aromatic N) is 1. The van der Waals surface area contributed by atoms with E-state index in [4.69, 9.17) is 33.0 Å². The summed E-state index contributed by atoms with van der Waals surface area (Å²) in [6.45, 7) is 3.93. The first-order chi connectivity index (χ1) is 9.69. The van der Waals surface area contributed by atoms with Crippen molar-refractivity contribution in [1.82, 2.24) is 4.90 Å². The molecule has 112 valence electrons. The zero-order valence-corrected chi connectivity index (χ0v) is 13.0. The second-order valence-corrected chi connectivity index (χ2v) is 5.99. The van der Waals surface area contributed by atoms with Crippen LogP contribution < -0.4 is 0 Å². The number of ether oxygens (including phenoxy) is 1. The van der Waals surface area contributed by atoms with Gasteiger partial charge in [0, 0.05) is 26.2 Å². The van der Waals surface area contributed by atoms with Gasteiger partial charge in [-0.05, 0) is 37.0 Å². The van der Waals surface area contributed by atoms with Crippen LogP contribution in [0.2, 0.25) is 10.0 Å². The maximum atomic E-state index is 8.83. The molecule has 1 aromatic carbocycles. The number of aliphatic hydroxyl groups excluding tert-OH is 1. The zero-order valence-electron chi connectivity index (χ0n) is 11.5. The van der Waals surface area contributed by atoms with Crippen molar-refractivity contribution in [3.05, 3.63) is 33.8 Å². The maximum Gasteiger partial charge on any atom is 0.0721 e. The van der Waals surface area contributed by atoms with Gasteiger partial charge in [-0.25, -0.2) is 0 Å². The summed E-state index contributed by atoms with van der Waals surface area (Å²) in [4.78, 5) is 2.38. The van der Waals surface area contributed by atoms with E-state index in [2.05, 4.69) is 4.90 Å². The van der Waals surface area contributed by atoms with E-state index in [1.165, 1.54) is 0 Å². The van der Waals surface area contributed by atoms with Gasteiger partial charge in [-0.2, -0.15) is 0 Å². The summed E-state index contributed by atoms with van der Waals surface area (Å²) in [6.07, 6.45) is 3.27. The summed E-state index contributed by atoms with van der Waals surface area (Å²) >= 11 is 11.9. The molecular formula is C15H21Cl2NO2. The van der Waals surface area contributed by atoms with Crippen LogP contribution in [0.4, 0.5) is 0 Å². The van der Waals surface area contributed by atoms with Crippen molar-refractivity contribution in [2.24, 2.45) is 0 Å². The summed E-state index contributed by atoms with van der Waals surface area (Å²) in [6, 6.07) is 5.62. The quantitative estimate of drug-likeness (QED) is 0.873. The van der Waals surface area contributed by atoms with Gasteiger partial charge in [0.05, 0.1) is 22.8 Å². The Morgan fingerprint density at radius 3 is 2.60 bits per heavy atom. The highest BCUT2D eigenvalue weighted by Gasteiger charge is 2.19. The highest BCUT2D eigenvalue weighted by atomic mass is 35.5. The van der Waals surface area contributed by atoms with Crippen LogP contribution in [0.15, 0.2) is 18.2 Å². The van der Waals surface area contributed by atoms with Crippen LogP contribution in [-0.4, -0.2) is 42.4 Å². The monoisotopic (exact) mass is 317 g/mol. The van der Waals surface area contributed by atoms with Gasteiger partial charge in [0.1, 0.15) is 0 Å². The lowest BCUT2D eigenvalue weighted by atomic mass is 10.1. The average molecular weight is 318 g/mol. The van der Waals surface area contributed by atoms with E-state index >= 15 is 0 Å². The second kappa shape index (κ2) is 8.20. The Bertz CT molecular complexity index is 420. The van der Waals surface area contributed by atoms with Crippen molar-refractivity contribution < 1.29 is 9.84 Å². The van der Waals surface area contributed by atoms with Crippen molar-refractivity contribution in [2.75, 3.05) is 26.2 Å². The van der Waals surface area contributed by atoms with Gasteiger partial charge < -0.3 is 14.7 Å². The minimum atomic E-state index is 0.272. The fourth-order valence-electron chi connectivity index (χ4n) is 2.44. The third-order valence-electron chi connectivity index (χ3n) is 3.64. The van der Waals surface area contributed by atoms with Crippen LogP contribution in [-0.2, 0) is 11.3 Å². The molecular weight excluding hydrogens is 297 g/mol. The number of hydrogen-bond donors (Lipinski definition) is 1. The third-order valence-corrected chi connectivity index (χ3v) is 4.38. The Morgan fingerprint density at radius 1 is 1.20 bits per heavy atom. The van der Waals surface area contributed by atoms with E-state index in [9.17, 15) is 0 Å². The molecule has 1 aliphatic heterocycles. The highest BCUT2D eigenvalue weighted by molar-refractivity contribution is 6.42. The molecule has 5 heteroatoms. The second-order valence-electron chi connectivity index (χ2n) is 5.18. The van der Waals surface area contributed by atoms with Crippen LogP contribution in [0.3, 0.4) is 0 Å². The predicted molar refractivity (Wildman–Crippen MR) is 82.4 cm³/mol.